The maximum atomic E-state index is 12.6. The Balaban J connectivity index is 1.71. The molecule has 9 nitrogen and oxygen atoms in total. The summed E-state index contributed by atoms with van der Waals surface area (Å²) in [6.45, 7) is 5.88. The number of rotatable bonds is 3. The number of aliphatic hydroxyl groups excluding tert-OH is 1. The molecule has 2 fully saturated rings. The Hall–Kier alpha value is -2.42. The van der Waals surface area contributed by atoms with Crippen molar-refractivity contribution >= 4 is 17.7 Å². The Kier molecular flexibility index (Phi) is 4.51. The van der Waals surface area contributed by atoms with Crippen molar-refractivity contribution < 1.29 is 19.5 Å². The lowest BCUT2D eigenvalue weighted by Gasteiger charge is -2.33. The topological polar surface area (TPSA) is 117 Å². The van der Waals surface area contributed by atoms with E-state index >= 15 is 0 Å². The predicted octanol–water partition coefficient (Wildman–Crippen LogP) is -1.09. The van der Waals surface area contributed by atoms with Crippen LogP contribution in [-0.2, 0) is 22.1 Å². The van der Waals surface area contributed by atoms with E-state index in [1.165, 1.54) is 9.58 Å². The summed E-state index contributed by atoms with van der Waals surface area (Å²) in [5.74, 6) is -0.896. The summed E-state index contributed by atoms with van der Waals surface area (Å²) >= 11 is 0. The van der Waals surface area contributed by atoms with Gasteiger partial charge in [0, 0.05) is 25.0 Å². The third kappa shape index (κ3) is 3.18. The number of nitrogens with one attached hydrogen (secondary N) is 2. The predicted molar refractivity (Wildman–Crippen MR) is 92.3 cm³/mol. The van der Waals surface area contributed by atoms with Crippen LogP contribution in [0.25, 0.3) is 0 Å². The van der Waals surface area contributed by atoms with Gasteiger partial charge in [-0.3, -0.25) is 19.1 Å². The molecule has 2 saturated heterocycles. The number of fused-ring (bicyclic) bond motifs is 1. The van der Waals surface area contributed by atoms with Crippen LogP contribution in [0.5, 0.6) is 0 Å². The molecule has 9 heteroatoms. The molecule has 0 radical (unpaired) electrons. The molecule has 0 bridgehead atoms. The molecule has 1 aromatic rings. The van der Waals surface area contributed by atoms with Crippen LogP contribution in [0.3, 0.4) is 0 Å². The molecule has 0 aromatic carbocycles. The largest absolute Gasteiger partial charge is 0.394 e. The van der Waals surface area contributed by atoms with Crippen LogP contribution in [-0.4, -0.2) is 68.8 Å². The molecular weight excluding hydrogens is 338 g/mol. The highest BCUT2D eigenvalue weighted by Gasteiger charge is 2.46. The zero-order chi connectivity index (χ0) is 19.2. The Morgan fingerprint density at radius 1 is 1.42 bits per heavy atom. The molecule has 3 N–H and O–H groups in total. The highest BCUT2D eigenvalue weighted by molar-refractivity contribution is 5.98. The van der Waals surface area contributed by atoms with Crippen LogP contribution in [0.15, 0.2) is 6.07 Å². The van der Waals surface area contributed by atoms with E-state index in [9.17, 15) is 19.5 Å². The van der Waals surface area contributed by atoms with Gasteiger partial charge in [-0.15, -0.1) is 0 Å². The SMILES string of the molecule is Cn1nc(C(C)(C)C)cc1C(=O)N[C@H]1C[C@H]2C(=O)N[C@@H](CO)C(=O)N2C1. The Morgan fingerprint density at radius 3 is 2.69 bits per heavy atom. The first-order valence-electron chi connectivity index (χ1n) is 8.69. The van der Waals surface area contributed by atoms with E-state index in [1.54, 1.807) is 13.1 Å². The van der Waals surface area contributed by atoms with Gasteiger partial charge < -0.3 is 20.6 Å². The summed E-state index contributed by atoms with van der Waals surface area (Å²) in [5, 5.41) is 19.0. The van der Waals surface area contributed by atoms with Crippen molar-refractivity contribution in [1.82, 2.24) is 25.3 Å². The number of carbonyl (C=O) groups excluding carboxylic acids is 3. The van der Waals surface area contributed by atoms with Crippen LogP contribution >= 0.6 is 0 Å². The molecule has 2 aliphatic rings. The number of hydrogen-bond donors (Lipinski definition) is 3. The summed E-state index contributed by atoms with van der Waals surface area (Å²) in [6, 6.07) is -0.0726. The second-order valence-electron chi connectivity index (χ2n) is 7.94. The minimum Gasteiger partial charge on any atom is -0.394 e. The fourth-order valence-corrected chi connectivity index (χ4v) is 3.39. The average Bonchev–Trinajstić information content (AvgIpc) is 3.14. The van der Waals surface area contributed by atoms with Crippen molar-refractivity contribution in [3.63, 3.8) is 0 Å². The molecule has 0 unspecified atom stereocenters. The fourth-order valence-electron chi connectivity index (χ4n) is 3.39. The second-order valence-corrected chi connectivity index (χ2v) is 7.94. The second kappa shape index (κ2) is 6.39. The standard InChI is InChI=1S/C17H25N5O4/c1-17(2,3)13-6-11(21(4)20-13)14(24)18-9-5-12-15(25)19-10(8-23)16(26)22(12)7-9/h6,9-10,12,23H,5,7-8H2,1-4H3,(H,18,24)(H,19,25)/t9-,10-,12-/m0/s1. The monoisotopic (exact) mass is 363 g/mol. The third-order valence-corrected chi connectivity index (χ3v) is 4.90. The van der Waals surface area contributed by atoms with Crippen LogP contribution in [0, 0.1) is 0 Å². The van der Waals surface area contributed by atoms with E-state index in [0.29, 0.717) is 12.1 Å². The number of hydrogen-bond acceptors (Lipinski definition) is 5. The van der Waals surface area contributed by atoms with Crippen molar-refractivity contribution in [2.24, 2.45) is 7.05 Å². The van der Waals surface area contributed by atoms with Crippen LogP contribution in [0.1, 0.15) is 43.4 Å². The summed E-state index contributed by atoms with van der Waals surface area (Å²) in [7, 11) is 1.71. The molecule has 0 spiro atoms. The molecule has 142 valence electrons. The van der Waals surface area contributed by atoms with E-state index in [-0.39, 0.29) is 35.7 Å². The van der Waals surface area contributed by atoms with Gasteiger partial charge in [0.05, 0.1) is 12.3 Å². The van der Waals surface area contributed by atoms with Gasteiger partial charge in [0.2, 0.25) is 11.8 Å². The highest BCUT2D eigenvalue weighted by Crippen LogP contribution is 2.24. The molecule has 3 atom stereocenters. The zero-order valence-electron chi connectivity index (χ0n) is 15.4. The fraction of sp³-hybridized carbons (Fsp3) is 0.647. The Morgan fingerprint density at radius 2 is 2.12 bits per heavy atom. The number of amides is 3. The minimum atomic E-state index is -0.903. The lowest BCUT2D eigenvalue weighted by atomic mass is 9.92. The lowest BCUT2D eigenvalue weighted by Crippen LogP contribution is -2.62. The zero-order valence-corrected chi connectivity index (χ0v) is 15.4. The quantitative estimate of drug-likeness (QED) is 0.631. The summed E-state index contributed by atoms with van der Waals surface area (Å²) in [6.07, 6.45) is 0.353. The van der Waals surface area contributed by atoms with Crippen molar-refractivity contribution in [3.8, 4) is 0 Å². The maximum Gasteiger partial charge on any atom is 0.269 e. The molecule has 0 aliphatic carbocycles. The Labute approximate surface area is 151 Å². The number of aryl methyl sites for hydroxylation is 1. The number of piperazine rings is 1. The normalized spacial score (nSPS) is 25.9. The van der Waals surface area contributed by atoms with Gasteiger partial charge in [-0.1, -0.05) is 20.8 Å². The molecule has 0 saturated carbocycles. The van der Waals surface area contributed by atoms with Crippen molar-refractivity contribution in [1.29, 1.82) is 0 Å². The average molecular weight is 363 g/mol. The van der Waals surface area contributed by atoms with Crippen molar-refractivity contribution in [2.75, 3.05) is 13.2 Å². The summed E-state index contributed by atoms with van der Waals surface area (Å²) in [5.41, 5.74) is 1.08. The summed E-state index contributed by atoms with van der Waals surface area (Å²) in [4.78, 5) is 38.5. The van der Waals surface area contributed by atoms with Crippen molar-refractivity contribution in [2.45, 2.75) is 50.7 Å². The number of carbonyl (C=O) groups is 3. The summed E-state index contributed by atoms with van der Waals surface area (Å²) < 4.78 is 1.54. The third-order valence-electron chi connectivity index (χ3n) is 4.90. The number of aromatic nitrogens is 2. The first kappa shape index (κ1) is 18.4. The van der Waals surface area contributed by atoms with Crippen LogP contribution < -0.4 is 10.6 Å². The highest BCUT2D eigenvalue weighted by atomic mass is 16.3. The molecule has 3 heterocycles. The molecular formula is C17H25N5O4. The van der Waals surface area contributed by atoms with E-state index < -0.39 is 18.7 Å². The van der Waals surface area contributed by atoms with E-state index in [4.69, 9.17) is 0 Å². The van der Waals surface area contributed by atoms with Gasteiger partial charge in [0.25, 0.3) is 5.91 Å². The van der Waals surface area contributed by atoms with Gasteiger partial charge in [-0.2, -0.15) is 5.10 Å². The van der Waals surface area contributed by atoms with Gasteiger partial charge in [-0.05, 0) is 12.5 Å². The molecule has 2 aliphatic heterocycles. The first-order valence-corrected chi connectivity index (χ1v) is 8.69. The molecule has 3 amide bonds. The maximum absolute atomic E-state index is 12.6. The van der Waals surface area contributed by atoms with E-state index in [0.717, 1.165) is 5.69 Å². The minimum absolute atomic E-state index is 0.173. The first-order chi connectivity index (χ1) is 12.1. The molecule has 1 aromatic heterocycles. The molecule has 3 rings (SSSR count). The number of aliphatic hydroxyl groups is 1. The van der Waals surface area contributed by atoms with Gasteiger partial charge >= 0.3 is 0 Å². The Bertz CT molecular complexity index is 751. The van der Waals surface area contributed by atoms with Gasteiger partial charge in [0.1, 0.15) is 17.8 Å². The van der Waals surface area contributed by atoms with E-state index in [1.807, 2.05) is 20.8 Å². The number of nitrogens with zero attached hydrogens (tertiary/aromatic N) is 3. The molecule has 26 heavy (non-hydrogen) atoms. The van der Waals surface area contributed by atoms with Crippen molar-refractivity contribution in [3.05, 3.63) is 17.5 Å². The van der Waals surface area contributed by atoms with Crippen LogP contribution in [0.4, 0.5) is 0 Å². The van der Waals surface area contributed by atoms with Crippen LogP contribution in [0.2, 0.25) is 0 Å². The van der Waals surface area contributed by atoms with Gasteiger partial charge in [-0.25, -0.2) is 0 Å². The van der Waals surface area contributed by atoms with E-state index in [2.05, 4.69) is 15.7 Å². The van der Waals surface area contributed by atoms with Gasteiger partial charge in [0.15, 0.2) is 0 Å². The smallest absolute Gasteiger partial charge is 0.269 e. The lowest BCUT2D eigenvalue weighted by molar-refractivity contribution is -0.148.